The third-order valence-electron chi connectivity index (χ3n) is 5.87. The van der Waals surface area contributed by atoms with Gasteiger partial charge in [-0.3, -0.25) is 9.59 Å². The zero-order chi connectivity index (χ0) is 25.0. The maximum Gasteiger partial charge on any atom is 0.410 e. The van der Waals surface area contributed by atoms with Crippen molar-refractivity contribution in [1.82, 2.24) is 20.0 Å². The Morgan fingerprint density at radius 2 is 1.82 bits per heavy atom. The standard InChI is InChI=1S/C25H33FN4O4/c1-6-18-16(2)21(27-28-22(18)31)15-17-8-9-20(26)19(14-17)23(32)29-10-7-11-30(13-12-29)24(33)34-25(3,4)5/h8-9,14H,6-7,10-13,15H2,1-5H3,(H,28,31). The van der Waals surface area contributed by atoms with Gasteiger partial charge in [-0.1, -0.05) is 13.0 Å². The number of aromatic nitrogens is 2. The number of H-pyrrole nitrogens is 1. The minimum absolute atomic E-state index is 0.0130. The molecular formula is C25H33FN4O4. The van der Waals surface area contributed by atoms with Crippen molar-refractivity contribution in [1.29, 1.82) is 0 Å². The number of benzene rings is 1. The molecule has 0 saturated carbocycles. The lowest BCUT2D eigenvalue weighted by Gasteiger charge is -2.26. The highest BCUT2D eigenvalue weighted by Crippen LogP contribution is 2.19. The topological polar surface area (TPSA) is 95.6 Å². The summed E-state index contributed by atoms with van der Waals surface area (Å²) in [6.07, 6.45) is 1.11. The van der Waals surface area contributed by atoms with Gasteiger partial charge in [0, 0.05) is 38.2 Å². The van der Waals surface area contributed by atoms with Crippen LogP contribution in [0.15, 0.2) is 23.0 Å². The van der Waals surface area contributed by atoms with Crippen LogP contribution in [0.3, 0.4) is 0 Å². The summed E-state index contributed by atoms with van der Waals surface area (Å²) in [5.41, 5.74) is 2.06. The molecular weight excluding hydrogens is 439 g/mol. The Labute approximate surface area is 199 Å². The second-order valence-electron chi connectivity index (χ2n) is 9.56. The first-order valence-corrected chi connectivity index (χ1v) is 11.6. The number of hydrogen-bond donors (Lipinski definition) is 1. The Bertz CT molecular complexity index is 1120. The summed E-state index contributed by atoms with van der Waals surface area (Å²) in [4.78, 5) is 40.7. The lowest BCUT2D eigenvalue weighted by atomic mass is 10.00. The van der Waals surface area contributed by atoms with Gasteiger partial charge in [0.15, 0.2) is 0 Å². The first-order valence-electron chi connectivity index (χ1n) is 11.6. The smallest absolute Gasteiger partial charge is 0.410 e. The number of nitrogens with one attached hydrogen (secondary N) is 1. The molecule has 0 radical (unpaired) electrons. The van der Waals surface area contributed by atoms with E-state index in [1.54, 1.807) is 21.9 Å². The van der Waals surface area contributed by atoms with Crippen LogP contribution in [0, 0.1) is 12.7 Å². The van der Waals surface area contributed by atoms with Crippen molar-refractivity contribution in [2.24, 2.45) is 0 Å². The van der Waals surface area contributed by atoms with Crippen molar-refractivity contribution in [2.45, 2.75) is 59.5 Å². The van der Waals surface area contributed by atoms with Gasteiger partial charge in [-0.05, 0) is 63.8 Å². The van der Waals surface area contributed by atoms with Crippen LogP contribution >= 0.6 is 0 Å². The molecule has 1 saturated heterocycles. The monoisotopic (exact) mass is 472 g/mol. The minimum Gasteiger partial charge on any atom is -0.444 e. The van der Waals surface area contributed by atoms with Gasteiger partial charge in [0.05, 0.1) is 11.3 Å². The van der Waals surface area contributed by atoms with E-state index in [1.165, 1.54) is 6.07 Å². The summed E-state index contributed by atoms with van der Waals surface area (Å²) >= 11 is 0. The van der Waals surface area contributed by atoms with Gasteiger partial charge >= 0.3 is 6.09 Å². The summed E-state index contributed by atoms with van der Waals surface area (Å²) < 4.78 is 20.1. The molecule has 34 heavy (non-hydrogen) atoms. The van der Waals surface area contributed by atoms with Gasteiger partial charge in [0.1, 0.15) is 11.4 Å². The van der Waals surface area contributed by atoms with Crippen molar-refractivity contribution in [3.05, 3.63) is 62.3 Å². The van der Waals surface area contributed by atoms with Crippen LogP contribution in [-0.4, -0.2) is 63.8 Å². The zero-order valence-electron chi connectivity index (χ0n) is 20.5. The van der Waals surface area contributed by atoms with E-state index in [9.17, 15) is 18.8 Å². The third kappa shape index (κ3) is 6.01. The van der Waals surface area contributed by atoms with Gasteiger partial charge in [0.2, 0.25) is 0 Å². The fourth-order valence-corrected chi connectivity index (χ4v) is 4.05. The Morgan fingerprint density at radius 1 is 1.15 bits per heavy atom. The maximum absolute atomic E-state index is 14.7. The van der Waals surface area contributed by atoms with Gasteiger partial charge in [-0.2, -0.15) is 5.10 Å². The zero-order valence-corrected chi connectivity index (χ0v) is 20.5. The summed E-state index contributed by atoms with van der Waals surface area (Å²) in [5.74, 6) is -1.01. The van der Waals surface area contributed by atoms with Crippen LogP contribution in [-0.2, 0) is 17.6 Å². The molecule has 0 bridgehead atoms. The number of nitrogens with zero attached hydrogens (tertiary/aromatic N) is 3. The SMILES string of the molecule is CCc1c(C)c(Cc2ccc(F)c(C(=O)N3CCCN(C(=O)OC(C)(C)C)CC3)c2)n[nH]c1=O. The van der Waals surface area contributed by atoms with Crippen molar-refractivity contribution in [2.75, 3.05) is 26.2 Å². The minimum atomic E-state index is -0.598. The average molecular weight is 473 g/mol. The predicted octanol–water partition coefficient (Wildman–Crippen LogP) is 3.45. The van der Waals surface area contributed by atoms with E-state index in [1.807, 2.05) is 34.6 Å². The average Bonchev–Trinajstić information content (AvgIpc) is 3.02. The molecule has 3 rings (SSSR count). The van der Waals surface area contributed by atoms with E-state index in [0.717, 1.165) is 11.1 Å². The molecule has 2 amide bonds. The van der Waals surface area contributed by atoms with Crippen LogP contribution in [0.2, 0.25) is 0 Å². The number of amides is 2. The molecule has 0 aliphatic carbocycles. The fourth-order valence-electron chi connectivity index (χ4n) is 4.05. The molecule has 1 aliphatic heterocycles. The fraction of sp³-hybridized carbons (Fsp3) is 0.520. The first-order chi connectivity index (χ1) is 16.0. The Morgan fingerprint density at radius 3 is 2.50 bits per heavy atom. The lowest BCUT2D eigenvalue weighted by Crippen LogP contribution is -2.40. The quantitative estimate of drug-likeness (QED) is 0.735. The highest BCUT2D eigenvalue weighted by molar-refractivity contribution is 5.94. The molecule has 0 spiro atoms. The Hall–Kier alpha value is -3.23. The van der Waals surface area contributed by atoms with Crippen molar-refractivity contribution >= 4 is 12.0 Å². The summed E-state index contributed by atoms with van der Waals surface area (Å²) in [6, 6.07) is 4.46. The van der Waals surface area contributed by atoms with Crippen molar-refractivity contribution in [3.8, 4) is 0 Å². The van der Waals surface area contributed by atoms with Gasteiger partial charge < -0.3 is 14.5 Å². The number of halogens is 1. The summed E-state index contributed by atoms with van der Waals surface area (Å²) in [5, 5.41) is 6.67. The lowest BCUT2D eigenvalue weighted by molar-refractivity contribution is 0.0255. The Balaban J connectivity index is 1.75. The van der Waals surface area contributed by atoms with Crippen LogP contribution in [0.4, 0.5) is 9.18 Å². The molecule has 9 heteroatoms. The van der Waals surface area contributed by atoms with E-state index in [4.69, 9.17) is 4.74 Å². The molecule has 0 unspecified atom stereocenters. The molecule has 1 aliphatic rings. The van der Waals surface area contributed by atoms with Crippen LogP contribution < -0.4 is 5.56 Å². The second kappa shape index (κ2) is 10.4. The number of hydrogen-bond acceptors (Lipinski definition) is 5. The van der Waals surface area contributed by atoms with Crippen LogP contribution in [0.5, 0.6) is 0 Å². The molecule has 2 aromatic rings. The highest BCUT2D eigenvalue weighted by atomic mass is 19.1. The van der Waals surface area contributed by atoms with Crippen LogP contribution in [0.25, 0.3) is 0 Å². The molecule has 184 valence electrons. The van der Waals surface area contributed by atoms with E-state index in [0.29, 0.717) is 56.7 Å². The molecule has 1 aromatic carbocycles. The van der Waals surface area contributed by atoms with E-state index >= 15 is 0 Å². The van der Waals surface area contributed by atoms with Crippen molar-refractivity contribution < 1.29 is 18.7 Å². The van der Waals surface area contributed by atoms with E-state index in [2.05, 4.69) is 10.2 Å². The normalized spacial score (nSPS) is 14.6. The van der Waals surface area contributed by atoms with Gasteiger partial charge in [-0.15, -0.1) is 0 Å². The molecule has 8 nitrogen and oxygen atoms in total. The predicted molar refractivity (Wildman–Crippen MR) is 127 cm³/mol. The Kier molecular flexibility index (Phi) is 7.74. The largest absolute Gasteiger partial charge is 0.444 e. The summed E-state index contributed by atoms with van der Waals surface area (Å²) in [6.45, 7) is 10.7. The molecule has 2 heterocycles. The van der Waals surface area contributed by atoms with Crippen molar-refractivity contribution in [3.63, 3.8) is 0 Å². The van der Waals surface area contributed by atoms with E-state index in [-0.39, 0.29) is 11.1 Å². The summed E-state index contributed by atoms with van der Waals surface area (Å²) in [7, 11) is 0. The molecule has 1 aromatic heterocycles. The number of ether oxygens (including phenoxy) is 1. The van der Waals surface area contributed by atoms with Gasteiger partial charge in [-0.25, -0.2) is 14.3 Å². The molecule has 1 N–H and O–H groups in total. The first kappa shape index (κ1) is 25.4. The number of rotatable bonds is 4. The maximum atomic E-state index is 14.7. The molecule has 0 atom stereocenters. The second-order valence-corrected chi connectivity index (χ2v) is 9.56. The highest BCUT2D eigenvalue weighted by Gasteiger charge is 2.27. The number of carbonyl (C=O) groups is 2. The number of aromatic amines is 1. The van der Waals surface area contributed by atoms with E-state index < -0.39 is 23.4 Å². The third-order valence-corrected chi connectivity index (χ3v) is 5.87. The van der Waals surface area contributed by atoms with Crippen LogP contribution in [0.1, 0.15) is 66.9 Å². The number of carbonyl (C=O) groups excluding carboxylic acids is 2. The van der Waals surface area contributed by atoms with Gasteiger partial charge in [0.25, 0.3) is 11.5 Å². The molecule has 1 fully saturated rings.